The van der Waals surface area contributed by atoms with Crippen LogP contribution in [0.5, 0.6) is 0 Å². The molecule has 0 radical (unpaired) electrons. The van der Waals surface area contributed by atoms with Gasteiger partial charge in [-0.1, -0.05) is 0 Å². The first-order valence-electron chi connectivity index (χ1n) is 7.48. The number of thiazole rings is 1. The van der Waals surface area contributed by atoms with E-state index in [0.29, 0.717) is 6.04 Å². The van der Waals surface area contributed by atoms with E-state index in [2.05, 4.69) is 35.6 Å². The van der Waals surface area contributed by atoms with E-state index >= 15 is 0 Å². The average molecular weight is 307 g/mol. The predicted octanol–water partition coefficient (Wildman–Crippen LogP) is 4.29. The van der Waals surface area contributed by atoms with Crippen LogP contribution < -0.4 is 5.32 Å². The fourth-order valence-corrected chi connectivity index (χ4v) is 4.80. The average Bonchev–Trinajstić information content (AvgIpc) is 3.04. The van der Waals surface area contributed by atoms with Crippen LogP contribution in [0.25, 0.3) is 0 Å². The van der Waals surface area contributed by atoms with Crippen molar-refractivity contribution in [2.75, 3.05) is 6.54 Å². The van der Waals surface area contributed by atoms with Gasteiger partial charge in [0.1, 0.15) is 0 Å². The van der Waals surface area contributed by atoms with Crippen LogP contribution in [-0.4, -0.2) is 11.5 Å². The quantitative estimate of drug-likeness (QED) is 0.891. The third kappa shape index (κ3) is 3.30. The van der Waals surface area contributed by atoms with Gasteiger partial charge in [0.15, 0.2) is 0 Å². The molecule has 0 fully saturated rings. The molecule has 1 aliphatic carbocycles. The van der Waals surface area contributed by atoms with Gasteiger partial charge in [-0.15, -0.1) is 22.7 Å². The van der Waals surface area contributed by atoms with Gasteiger partial charge in [0.25, 0.3) is 0 Å². The number of fused-ring (bicyclic) bond motifs is 1. The highest BCUT2D eigenvalue weighted by atomic mass is 32.1. The minimum atomic E-state index is 0.464. The molecule has 2 aromatic rings. The first-order chi connectivity index (χ1) is 9.72. The van der Waals surface area contributed by atoms with Crippen LogP contribution in [0.3, 0.4) is 0 Å². The third-order valence-electron chi connectivity index (χ3n) is 3.90. The molecule has 2 aromatic heterocycles. The van der Waals surface area contributed by atoms with Crippen LogP contribution in [0.2, 0.25) is 0 Å². The minimum Gasteiger partial charge on any atom is -0.309 e. The molecule has 3 rings (SSSR count). The van der Waals surface area contributed by atoms with Crippen molar-refractivity contribution in [1.29, 1.82) is 0 Å². The third-order valence-corrected chi connectivity index (χ3v) is 6.34. The van der Waals surface area contributed by atoms with Crippen LogP contribution in [0, 0.1) is 6.92 Å². The number of nitrogens with one attached hydrogen (secondary N) is 1. The lowest BCUT2D eigenvalue weighted by atomic mass is 9.99. The van der Waals surface area contributed by atoms with Crippen molar-refractivity contribution in [3.8, 4) is 0 Å². The highest BCUT2D eigenvalue weighted by Gasteiger charge is 2.16. The van der Waals surface area contributed by atoms with Crippen molar-refractivity contribution in [3.05, 3.63) is 37.5 Å². The number of thiophene rings is 1. The topological polar surface area (TPSA) is 24.9 Å². The Hall–Kier alpha value is -0.710. The van der Waals surface area contributed by atoms with Crippen molar-refractivity contribution in [2.24, 2.45) is 0 Å². The lowest BCUT2D eigenvalue weighted by Crippen LogP contribution is -2.20. The van der Waals surface area contributed by atoms with Gasteiger partial charge in [-0.05, 0) is 51.2 Å². The highest BCUT2D eigenvalue weighted by Crippen LogP contribution is 2.32. The molecule has 1 aliphatic rings. The molecule has 4 heteroatoms. The largest absolute Gasteiger partial charge is 0.309 e. The van der Waals surface area contributed by atoms with Crippen LogP contribution in [0.15, 0.2) is 11.4 Å². The lowest BCUT2D eigenvalue weighted by Gasteiger charge is -2.11. The van der Waals surface area contributed by atoms with Crippen molar-refractivity contribution in [1.82, 2.24) is 10.3 Å². The predicted molar refractivity (Wildman–Crippen MR) is 87.9 cm³/mol. The number of aryl methyl sites for hydroxylation is 3. The lowest BCUT2D eigenvalue weighted by molar-refractivity contribution is 0.583. The first kappa shape index (κ1) is 14.2. The summed E-state index contributed by atoms with van der Waals surface area (Å²) in [5, 5.41) is 7.02. The second kappa shape index (κ2) is 6.37. The summed E-state index contributed by atoms with van der Waals surface area (Å²) in [6.45, 7) is 5.35. The Morgan fingerprint density at radius 3 is 2.95 bits per heavy atom. The van der Waals surface area contributed by atoms with Crippen molar-refractivity contribution >= 4 is 22.7 Å². The van der Waals surface area contributed by atoms with E-state index in [1.807, 2.05) is 11.3 Å². The number of hydrogen-bond donors (Lipinski definition) is 1. The Balaban J connectivity index is 1.53. The summed E-state index contributed by atoms with van der Waals surface area (Å²) in [7, 11) is 0. The molecule has 0 spiro atoms. The maximum absolute atomic E-state index is 4.51. The smallest absolute Gasteiger partial charge is 0.0940 e. The zero-order valence-corrected chi connectivity index (χ0v) is 13.9. The zero-order valence-electron chi connectivity index (χ0n) is 12.2. The molecule has 0 aliphatic heterocycles. The molecular formula is C16H22N2S2. The number of aromatic nitrogens is 1. The van der Waals surface area contributed by atoms with E-state index in [1.165, 1.54) is 35.6 Å². The monoisotopic (exact) mass is 306 g/mol. The number of hydrogen-bond acceptors (Lipinski definition) is 4. The SMILES string of the molecule is Cc1csc(CCNC(C)c2cc3c(s2)CCCC3)n1. The molecule has 2 nitrogen and oxygen atoms in total. The molecule has 1 N–H and O–H groups in total. The molecule has 108 valence electrons. The molecule has 20 heavy (non-hydrogen) atoms. The zero-order chi connectivity index (χ0) is 13.9. The van der Waals surface area contributed by atoms with Gasteiger partial charge in [0, 0.05) is 39.8 Å². The Labute approximate surface area is 129 Å². The molecule has 0 saturated carbocycles. The van der Waals surface area contributed by atoms with Gasteiger partial charge in [-0.2, -0.15) is 0 Å². The molecule has 0 saturated heterocycles. The summed E-state index contributed by atoms with van der Waals surface area (Å²) < 4.78 is 0. The van der Waals surface area contributed by atoms with E-state index < -0.39 is 0 Å². The van der Waals surface area contributed by atoms with Crippen molar-refractivity contribution in [3.63, 3.8) is 0 Å². The van der Waals surface area contributed by atoms with Gasteiger partial charge >= 0.3 is 0 Å². The first-order valence-corrected chi connectivity index (χ1v) is 9.18. The molecule has 0 amide bonds. The Bertz CT molecular complexity index is 547. The Kier molecular flexibility index (Phi) is 4.54. The normalized spacial score (nSPS) is 16.1. The standard InChI is InChI=1S/C16H22N2S2/c1-11-10-19-16(18-11)7-8-17-12(2)15-9-13-5-3-4-6-14(13)20-15/h9-10,12,17H,3-8H2,1-2H3. The fourth-order valence-electron chi connectivity index (χ4n) is 2.74. The van der Waals surface area contributed by atoms with E-state index in [1.54, 1.807) is 21.8 Å². The maximum atomic E-state index is 4.51. The second-order valence-corrected chi connectivity index (χ2v) is 7.72. The summed E-state index contributed by atoms with van der Waals surface area (Å²) in [5.41, 5.74) is 2.75. The van der Waals surface area contributed by atoms with Gasteiger partial charge in [0.05, 0.1) is 5.01 Å². The van der Waals surface area contributed by atoms with Gasteiger partial charge < -0.3 is 5.32 Å². The fraction of sp³-hybridized carbons (Fsp3) is 0.562. The van der Waals surface area contributed by atoms with Crippen LogP contribution in [-0.2, 0) is 19.3 Å². The summed E-state index contributed by atoms with van der Waals surface area (Å²) in [4.78, 5) is 7.66. The van der Waals surface area contributed by atoms with Crippen LogP contribution >= 0.6 is 22.7 Å². The van der Waals surface area contributed by atoms with Gasteiger partial charge in [-0.3, -0.25) is 0 Å². The Morgan fingerprint density at radius 1 is 1.35 bits per heavy atom. The molecule has 2 heterocycles. The number of nitrogens with zero attached hydrogens (tertiary/aromatic N) is 1. The minimum absolute atomic E-state index is 0.464. The van der Waals surface area contributed by atoms with E-state index in [-0.39, 0.29) is 0 Å². The highest BCUT2D eigenvalue weighted by molar-refractivity contribution is 7.12. The van der Waals surface area contributed by atoms with Crippen LogP contribution in [0.4, 0.5) is 0 Å². The maximum Gasteiger partial charge on any atom is 0.0940 e. The number of rotatable bonds is 5. The summed E-state index contributed by atoms with van der Waals surface area (Å²) in [6, 6.07) is 2.90. The molecule has 0 bridgehead atoms. The van der Waals surface area contributed by atoms with E-state index in [9.17, 15) is 0 Å². The molecular weight excluding hydrogens is 284 g/mol. The van der Waals surface area contributed by atoms with Crippen molar-refractivity contribution < 1.29 is 0 Å². The van der Waals surface area contributed by atoms with Crippen LogP contribution in [0.1, 0.15) is 51.8 Å². The second-order valence-electron chi connectivity index (χ2n) is 5.61. The van der Waals surface area contributed by atoms with Gasteiger partial charge in [-0.25, -0.2) is 4.98 Å². The summed E-state index contributed by atoms with van der Waals surface area (Å²) in [5.74, 6) is 0. The Morgan fingerprint density at radius 2 is 2.20 bits per heavy atom. The van der Waals surface area contributed by atoms with Crippen molar-refractivity contribution in [2.45, 2.75) is 52.0 Å². The summed E-state index contributed by atoms with van der Waals surface area (Å²) in [6.07, 6.45) is 6.36. The van der Waals surface area contributed by atoms with E-state index in [0.717, 1.165) is 18.7 Å². The molecule has 1 atom stereocenters. The molecule has 0 aromatic carbocycles. The van der Waals surface area contributed by atoms with Gasteiger partial charge in [0.2, 0.25) is 0 Å². The molecule has 1 unspecified atom stereocenters. The van der Waals surface area contributed by atoms with E-state index in [4.69, 9.17) is 0 Å². The summed E-state index contributed by atoms with van der Waals surface area (Å²) >= 11 is 3.79.